The first-order chi connectivity index (χ1) is 15.3. The van der Waals surface area contributed by atoms with Gasteiger partial charge in [-0.15, -0.1) is 16.4 Å². The van der Waals surface area contributed by atoms with E-state index in [1.807, 2.05) is 40.9 Å². The molecule has 2 aromatic carbocycles. The highest BCUT2D eigenvalue weighted by Gasteiger charge is 2.22. The summed E-state index contributed by atoms with van der Waals surface area (Å²) in [6, 6.07) is 15.8. The van der Waals surface area contributed by atoms with Gasteiger partial charge in [0, 0.05) is 10.4 Å². The fourth-order valence-electron chi connectivity index (χ4n) is 4.10. The molecule has 0 saturated carbocycles. The average Bonchev–Trinajstić information content (AvgIpc) is 3.52. The van der Waals surface area contributed by atoms with Crippen molar-refractivity contribution in [3.63, 3.8) is 0 Å². The van der Waals surface area contributed by atoms with Gasteiger partial charge in [0.2, 0.25) is 0 Å². The summed E-state index contributed by atoms with van der Waals surface area (Å²) in [6.45, 7) is 0.497. The van der Waals surface area contributed by atoms with Crippen molar-refractivity contribution in [1.82, 2.24) is 19.6 Å². The summed E-state index contributed by atoms with van der Waals surface area (Å²) in [5, 5.41) is 5.87. The van der Waals surface area contributed by atoms with Gasteiger partial charge in [0.1, 0.15) is 29.3 Å². The standard InChI is InChI=1S/C24H20N4O2S/c1-29-17-9-11-18(12-10-17)30-13-15-5-7-16(8-6-15)22-26-23-21-19-3-2-4-20(19)31-24(21)25-14-28(23)27-22/h5-12,14H,2-4,13H2,1H3. The fourth-order valence-corrected chi connectivity index (χ4v) is 5.33. The van der Waals surface area contributed by atoms with Crippen molar-refractivity contribution in [2.24, 2.45) is 0 Å². The second kappa shape index (κ2) is 7.35. The number of fused-ring (bicyclic) bond motifs is 5. The minimum atomic E-state index is 0.497. The largest absolute Gasteiger partial charge is 0.497 e. The average molecular weight is 429 g/mol. The molecule has 7 heteroatoms. The summed E-state index contributed by atoms with van der Waals surface area (Å²) in [5.41, 5.74) is 4.40. The molecule has 0 radical (unpaired) electrons. The van der Waals surface area contributed by atoms with Gasteiger partial charge in [0.25, 0.3) is 0 Å². The van der Waals surface area contributed by atoms with Crippen molar-refractivity contribution in [2.75, 3.05) is 7.11 Å². The number of aromatic nitrogens is 4. The predicted molar refractivity (Wildman–Crippen MR) is 121 cm³/mol. The van der Waals surface area contributed by atoms with Crippen molar-refractivity contribution >= 4 is 27.2 Å². The third-order valence-corrected chi connectivity index (χ3v) is 6.92. The second-order valence-corrected chi connectivity index (χ2v) is 8.73. The van der Waals surface area contributed by atoms with Crippen LogP contribution in [-0.4, -0.2) is 26.7 Å². The predicted octanol–water partition coefficient (Wildman–Crippen LogP) is 5.08. The van der Waals surface area contributed by atoms with Crippen LogP contribution < -0.4 is 9.47 Å². The number of ether oxygens (including phenoxy) is 2. The van der Waals surface area contributed by atoms with Crippen LogP contribution in [0.5, 0.6) is 11.5 Å². The van der Waals surface area contributed by atoms with Crippen molar-refractivity contribution < 1.29 is 9.47 Å². The van der Waals surface area contributed by atoms with Gasteiger partial charge in [-0.05, 0) is 54.7 Å². The van der Waals surface area contributed by atoms with Gasteiger partial charge in [-0.1, -0.05) is 24.3 Å². The summed E-state index contributed by atoms with van der Waals surface area (Å²) in [4.78, 5) is 12.0. The molecule has 6 rings (SSSR count). The molecule has 154 valence electrons. The molecule has 5 aromatic rings. The zero-order valence-electron chi connectivity index (χ0n) is 17.0. The van der Waals surface area contributed by atoms with Gasteiger partial charge in [-0.25, -0.2) is 14.5 Å². The van der Waals surface area contributed by atoms with Crippen molar-refractivity contribution in [1.29, 1.82) is 0 Å². The molecule has 1 aliphatic rings. The van der Waals surface area contributed by atoms with E-state index in [9.17, 15) is 0 Å². The van der Waals surface area contributed by atoms with Crippen molar-refractivity contribution in [3.05, 3.63) is 70.9 Å². The number of hydrogen-bond acceptors (Lipinski definition) is 6. The van der Waals surface area contributed by atoms with Crippen LogP contribution >= 0.6 is 11.3 Å². The van der Waals surface area contributed by atoms with Crippen LogP contribution in [0.3, 0.4) is 0 Å². The lowest BCUT2D eigenvalue weighted by atomic mass is 10.1. The Kier molecular flexibility index (Phi) is 4.35. The Morgan fingerprint density at radius 3 is 2.61 bits per heavy atom. The number of nitrogens with zero attached hydrogens (tertiary/aromatic N) is 4. The van der Waals surface area contributed by atoms with E-state index in [0.717, 1.165) is 51.8 Å². The van der Waals surface area contributed by atoms with Crippen LogP contribution in [0.25, 0.3) is 27.3 Å². The molecule has 0 aliphatic heterocycles. The lowest BCUT2D eigenvalue weighted by Gasteiger charge is -2.07. The Bertz CT molecular complexity index is 1390. The van der Waals surface area contributed by atoms with E-state index in [0.29, 0.717) is 6.61 Å². The van der Waals surface area contributed by atoms with Crippen LogP contribution in [0.1, 0.15) is 22.4 Å². The van der Waals surface area contributed by atoms with E-state index in [2.05, 4.69) is 22.2 Å². The van der Waals surface area contributed by atoms with Crippen LogP contribution in [0.4, 0.5) is 0 Å². The highest BCUT2D eigenvalue weighted by Crippen LogP contribution is 2.38. The first-order valence-corrected chi connectivity index (χ1v) is 11.1. The molecule has 0 spiro atoms. The maximum atomic E-state index is 5.87. The van der Waals surface area contributed by atoms with Gasteiger partial charge in [-0.2, -0.15) is 0 Å². The summed E-state index contributed by atoms with van der Waals surface area (Å²) >= 11 is 1.80. The summed E-state index contributed by atoms with van der Waals surface area (Å²) in [6.07, 6.45) is 5.27. The quantitative estimate of drug-likeness (QED) is 0.391. The Balaban J connectivity index is 1.25. The van der Waals surface area contributed by atoms with E-state index in [1.165, 1.54) is 22.2 Å². The van der Waals surface area contributed by atoms with Crippen molar-refractivity contribution in [2.45, 2.75) is 25.9 Å². The summed E-state index contributed by atoms with van der Waals surface area (Å²) in [5.74, 6) is 2.35. The number of rotatable bonds is 5. The van der Waals surface area contributed by atoms with E-state index < -0.39 is 0 Å². The van der Waals surface area contributed by atoms with E-state index in [1.54, 1.807) is 24.8 Å². The molecule has 31 heavy (non-hydrogen) atoms. The van der Waals surface area contributed by atoms with Crippen LogP contribution in [-0.2, 0) is 19.4 Å². The van der Waals surface area contributed by atoms with E-state index in [4.69, 9.17) is 14.5 Å². The molecule has 6 nitrogen and oxygen atoms in total. The number of thiophene rings is 1. The first-order valence-electron chi connectivity index (χ1n) is 10.3. The van der Waals surface area contributed by atoms with Gasteiger partial charge in [-0.3, -0.25) is 0 Å². The molecule has 0 fully saturated rings. The lowest BCUT2D eigenvalue weighted by molar-refractivity contribution is 0.305. The SMILES string of the molecule is COc1ccc(OCc2ccc(-c3nc4c5c6c(sc5ncn4n3)CCC6)cc2)cc1. The van der Waals surface area contributed by atoms with Gasteiger partial charge in [0.05, 0.1) is 12.5 Å². The zero-order valence-corrected chi connectivity index (χ0v) is 17.9. The smallest absolute Gasteiger partial charge is 0.182 e. The van der Waals surface area contributed by atoms with Crippen molar-refractivity contribution in [3.8, 4) is 22.9 Å². The molecule has 0 N–H and O–H groups in total. The topological polar surface area (TPSA) is 61.5 Å². The summed E-state index contributed by atoms with van der Waals surface area (Å²) in [7, 11) is 1.65. The molecule has 3 heterocycles. The third kappa shape index (κ3) is 3.21. The van der Waals surface area contributed by atoms with Crippen LogP contribution in [0.15, 0.2) is 54.9 Å². The summed E-state index contributed by atoms with van der Waals surface area (Å²) < 4.78 is 12.9. The Morgan fingerprint density at radius 2 is 1.81 bits per heavy atom. The molecule has 0 amide bonds. The molecule has 0 atom stereocenters. The molecule has 0 unspecified atom stereocenters. The van der Waals surface area contributed by atoms with E-state index in [-0.39, 0.29) is 0 Å². The number of benzene rings is 2. The molecular weight excluding hydrogens is 408 g/mol. The normalized spacial score (nSPS) is 13.1. The minimum Gasteiger partial charge on any atom is -0.497 e. The van der Waals surface area contributed by atoms with Gasteiger partial charge < -0.3 is 9.47 Å². The fraction of sp³-hybridized carbons (Fsp3) is 0.208. The number of aryl methyl sites for hydroxylation is 2. The van der Waals surface area contributed by atoms with E-state index >= 15 is 0 Å². The maximum Gasteiger partial charge on any atom is 0.182 e. The van der Waals surface area contributed by atoms with Gasteiger partial charge in [0.15, 0.2) is 11.5 Å². The Hall–Kier alpha value is -3.45. The Morgan fingerprint density at radius 1 is 1.00 bits per heavy atom. The third-order valence-electron chi connectivity index (χ3n) is 5.72. The minimum absolute atomic E-state index is 0.497. The monoisotopic (exact) mass is 428 g/mol. The molecule has 3 aromatic heterocycles. The number of methoxy groups -OCH3 is 1. The molecule has 1 aliphatic carbocycles. The Labute approximate surface area is 183 Å². The molecule has 0 saturated heterocycles. The van der Waals surface area contributed by atoms with Gasteiger partial charge >= 0.3 is 0 Å². The second-order valence-electron chi connectivity index (χ2n) is 7.65. The van der Waals surface area contributed by atoms with Crippen LogP contribution in [0.2, 0.25) is 0 Å². The number of hydrogen-bond donors (Lipinski definition) is 0. The highest BCUT2D eigenvalue weighted by atomic mass is 32.1. The highest BCUT2D eigenvalue weighted by molar-refractivity contribution is 7.19. The van der Waals surface area contributed by atoms with Crippen LogP contribution in [0, 0.1) is 0 Å². The first kappa shape index (κ1) is 18.3. The molecule has 0 bridgehead atoms. The zero-order chi connectivity index (χ0) is 20.8. The maximum absolute atomic E-state index is 5.87. The molecular formula is C24H20N4O2S. The lowest BCUT2D eigenvalue weighted by Crippen LogP contribution is -1.95.